The molecule has 4 nitrogen and oxygen atoms in total. The van der Waals surface area contributed by atoms with E-state index in [0.717, 1.165) is 6.42 Å². The van der Waals surface area contributed by atoms with Gasteiger partial charge in [-0.05, 0) is 18.8 Å². The molecule has 1 aliphatic carbocycles. The van der Waals surface area contributed by atoms with E-state index in [9.17, 15) is 9.59 Å². The Balaban J connectivity index is 2.40. The molecule has 3 N–H and O–H groups in total. The van der Waals surface area contributed by atoms with Crippen molar-refractivity contribution in [2.24, 2.45) is 17.1 Å². The molecule has 1 fully saturated rings. The van der Waals surface area contributed by atoms with Crippen LogP contribution in [0.3, 0.4) is 0 Å². The molecule has 0 radical (unpaired) electrons. The van der Waals surface area contributed by atoms with Gasteiger partial charge < -0.3 is 11.1 Å². The van der Waals surface area contributed by atoms with Crippen LogP contribution in [0.25, 0.3) is 0 Å². The first-order chi connectivity index (χ1) is 5.84. The number of primary amides is 1. The Labute approximate surface area is 77.9 Å². The van der Waals surface area contributed by atoms with Crippen LogP contribution in [0.5, 0.6) is 0 Å². The lowest BCUT2D eigenvalue weighted by Crippen LogP contribution is -2.43. The van der Waals surface area contributed by atoms with Crippen molar-refractivity contribution in [1.29, 1.82) is 0 Å². The maximum atomic E-state index is 11.4. The molecule has 0 heterocycles. The summed E-state index contributed by atoms with van der Waals surface area (Å²) in [6.07, 6.45) is 0.893. The van der Waals surface area contributed by atoms with Gasteiger partial charge in [0, 0.05) is 5.92 Å². The normalized spacial score (nSPS) is 26.2. The van der Waals surface area contributed by atoms with E-state index in [4.69, 9.17) is 5.73 Å². The molecule has 0 aromatic heterocycles. The minimum absolute atomic E-state index is 0.0503. The first-order valence-electron chi connectivity index (χ1n) is 4.44. The van der Waals surface area contributed by atoms with Gasteiger partial charge in [-0.15, -0.1) is 0 Å². The third-order valence-corrected chi connectivity index (χ3v) is 2.62. The summed E-state index contributed by atoms with van der Waals surface area (Å²) in [5, 5.41) is 2.58. The largest absolute Gasteiger partial charge is 0.368 e. The molecule has 0 aromatic carbocycles. The third kappa shape index (κ3) is 2.20. The summed E-state index contributed by atoms with van der Waals surface area (Å²) in [6.45, 7) is 5.66. The molecule has 1 rings (SSSR count). The second-order valence-corrected chi connectivity index (χ2v) is 4.38. The van der Waals surface area contributed by atoms with Gasteiger partial charge in [0.15, 0.2) is 0 Å². The van der Waals surface area contributed by atoms with E-state index in [-0.39, 0.29) is 17.2 Å². The summed E-state index contributed by atoms with van der Waals surface area (Å²) in [6, 6.07) is -0.566. The van der Waals surface area contributed by atoms with Gasteiger partial charge in [-0.1, -0.05) is 13.8 Å². The number of hydrogen-bond donors (Lipinski definition) is 2. The quantitative estimate of drug-likeness (QED) is 0.649. The Morgan fingerprint density at radius 3 is 2.31 bits per heavy atom. The Morgan fingerprint density at radius 2 is 2.00 bits per heavy atom. The van der Waals surface area contributed by atoms with Crippen molar-refractivity contribution in [3.63, 3.8) is 0 Å². The SMILES string of the molecule is C[C@@H](NC(=O)[C@H]1CC1(C)C)C(N)=O. The minimum atomic E-state index is -0.566. The van der Waals surface area contributed by atoms with Gasteiger partial charge in [-0.3, -0.25) is 9.59 Å². The smallest absolute Gasteiger partial charge is 0.239 e. The van der Waals surface area contributed by atoms with E-state index in [1.807, 2.05) is 13.8 Å². The van der Waals surface area contributed by atoms with Crippen molar-refractivity contribution in [2.45, 2.75) is 33.2 Å². The van der Waals surface area contributed by atoms with E-state index in [1.54, 1.807) is 6.92 Å². The van der Waals surface area contributed by atoms with Gasteiger partial charge in [0.05, 0.1) is 0 Å². The highest BCUT2D eigenvalue weighted by Gasteiger charge is 2.50. The monoisotopic (exact) mass is 184 g/mol. The van der Waals surface area contributed by atoms with Crippen molar-refractivity contribution >= 4 is 11.8 Å². The topological polar surface area (TPSA) is 72.2 Å². The lowest BCUT2D eigenvalue weighted by atomic mass is 10.1. The van der Waals surface area contributed by atoms with Crippen LogP contribution in [-0.2, 0) is 9.59 Å². The van der Waals surface area contributed by atoms with Gasteiger partial charge in [0.2, 0.25) is 11.8 Å². The van der Waals surface area contributed by atoms with Crippen molar-refractivity contribution in [1.82, 2.24) is 5.32 Å². The molecule has 1 saturated carbocycles. The van der Waals surface area contributed by atoms with E-state index >= 15 is 0 Å². The molecular weight excluding hydrogens is 168 g/mol. The molecule has 2 amide bonds. The Hall–Kier alpha value is -1.06. The number of hydrogen-bond acceptors (Lipinski definition) is 2. The van der Waals surface area contributed by atoms with Gasteiger partial charge in [-0.2, -0.15) is 0 Å². The average molecular weight is 184 g/mol. The van der Waals surface area contributed by atoms with E-state index in [0.29, 0.717) is 0 Å². The van der Waals surface area contributed by atoms with Crippen LogP contribution in [0.15, 0.2) is 0 Å². The standard InChI is InChI=1S/C9H16N2O2/c1-5(7(10)12)11-8(13)6-4-9(6,2)3/h5-6H,4H2,1-3H3,(H2,10,12)(H,11,13)/t5-,6-/m1/s1. The summed E-state index contributed by atoms with van der Waals surface area (Å²) in [4.78, 5) is 22.1. The highest BCUT2D eigenvalue weighted by atomic mass is 16.2. The molecule has 0 bridgehead atoms. The number of nitrogens with one attached hydrogen (secondary N) is 1. The molecule has 74 valence electrons. The fraction of sp³-hybridized carbons (Fsp3) is 0.778. The van der Waals surface area contributed by atoms with Gasteiger partial charge in [-0.25, -0.2) is 0 Å². The van der Waals surface area contributed by atoms with Crippen LogP contribution in [0.4, 0.5) is 0 Å². The summed E-state index contributed by atoms with van der Waals surface area (Å²) in [5.74, 6) is -0.502. The number of nitrogens with two attached hydrogens (primary N) is 1. The molecule has 0 spiro atoms. The summed E-state index contributed by atoms with van der Waals surface area (Å²) in [5.41, 5.74) is 5.12. The lowest BCUT2D eigenvalue weighted by molar-refractivity contribution is -0.128. The number of amides is 2. The Bertz CT molecular complexity index is 248. The van der Waals surface area contributed by atoms with E-state index < -0.39 is 11.9 Å². The van der Waals surface area contributed by atoms with Crippen LogP contribution in [0, 0.1) is 11.3 Å². The second kappa shape index (κ2) is 3.01. The number of rotatable bonds is 3. The Kier molecular flexibility index (Phi) is 2.32. The lowest BCUT2D eigenvalue weighted by Gasteiger charge is -2.10. The molecule has 0 unspecified atom stereocenters. The Morgan fingerprint density at radius 1 is 1.54 bits per heavy atom. The van der Waals surface area contributed by atoms with Crippen LogP contribution in [0.1, 0.15) is 27.2 Å². The van der Waals surface area contributed by atoms with Crippen molar-refractivity contribution in [3.8, 4) is 0 Å². The van der Waals surface area contributed by atoms with Gasteiger partial charge in [0.1, 0.15) is 6.04 Å². The summed E-state index contributed by atoms with van der Waals surface area (Å²) < 4.78 is 0. The highest BCUT2D eigenvalue weighted by Crippen LogP contribution is 2.51. The van der Waals surface area contributed by atoms with Crippen molar-refractivity contribution in [3.05, 3.63) is 0 Å². The van der Waals surface area contributed by atoms with Crippen LogP contribution in [0.2, 0.25) is 0 Å². The fourth-order valence-electron chi connectivity index (χ4n) is 1.30. The number of carbonyl (C=O) groups excluding carboxylic acids is 2. The highest BCUT2D eigenvalue weighted by molar-refractivity contribution is 5.88. The van der Waals surface area contributed by atoms with Gasteiger partial charge >= 0.3 is 0 Å². The number of carbonyl (C=O) groups is 2. The maximum Gasteiger partial charge on any atom is 0.239 e. The summed E-state index contributed by atoms with van der Waals surface area (Å²) >= 11 is 0. The zero-order valence-electron chi connectivity index (χ0n) is 8.26. The predicted octanol–water partition coefficient (Wildman–Crippen LogP) is 0.0225. The molecule has 4 heteroatoms. The van der Waals surface area contributed by atoms with Crippen LogP contribution >= 0.6 is 0 Å². The molecular formula is C9H16N2O2. The molecule has 0 aliphatic heterocycles. The van der Waals surface area contributed by atoms with Crippen molar-refractivity contribution < 1.29 is 9.59 Å². The van der Waals surface area contributed by atoms with Crippen LogP contribution < -0.4 is 11.1 Å². The van der Waals surface area contributed by atoms with Crippen molar-refractivity contribution in [2.75, 3.05) is 0 Å². The fourth-order valence-corrected chi connectivity index (χ4v) is 1.30. The first-order valence-corrected chi connectivity index (χ1v) is 4.44. The third-order valence-electron chi connectivity index (χ3n) is 2.62. The van der Waals surface area contributed by atoms with E-state index in [2.05, 4.69) is 5.32 Å². The molecule has 0 aromatic rings. The average Bonchev–Trinajstić information content (AvgIpc) is 2.59. The van der Waals surface area contributed by atoms with Crippen LogP contribution in [-0.4, -0.2) is 17.9 Å². The second-order valence-electron chi connectivity index (χ2n) is 4.38. The first kappa shape index (κ1) is 10.0. The molecule has 13 heavy (non-hydrogen) atoms. The maximum absolute atomic E-state index is 11.4. The molecule has 1 aliphatic rings. The predicted molar refractivity (Wildman–Crippen MR) is 48.7 cm³/mol. The molecule has 2 atom stereocenters. The molecule has 0 saturated heterocycles. The van der Waals surface area contributed by atoms with E-state index in [1.165, 1.54) is 0 Å². The summed E-state index contributed by atoms with van der Waals surface area (Å²) in [7, 11) is 0. The zero-order chi connectivity index (χ0) is 10.2. The van der Waals surface area contributed by atoms with Gasteiger partial charge in [0.25, 0.3) is 0 Å². The zero-order valence-corrected chi connectivity index (χ0v) is 8.26. The minimum Gasteiger partial charge on any atom is -0.368 e.